The Kier molecular flexibility index (Phi) is 5.80. The zero-order valence-electron chi connectivity index (χ0n) is 12.7. The summed E-state index contributed by atoms with van der Waals surface area (Å²) >= 11 is 0. The molecule has 2 rings (SSSR count). The molecule has 0 aliphatic heterocycles. The van der Waals surface area contributed by atoms with E-state index in [4.69, 9.17) is 14.3 Å². The molecule has 5 heteroatoms. The first-order chi connectivity index (χ1) is 10.7. The molecule has 0 heterocycles. The van der Waals surface area contributed by atoms with E-state index in [1.807, 2.05) is 42.5 Å². The summed E-state index contributed by atoms with van der Waals surface area (Å²) in [5, 5.41) is 1.12. The lowest BCUT2D eigenvalue weighted by Gasteiger charge is -2.14. The molecular formula is C17H19NO4. The standard InChI is InChI=1S/C17H19NO4/c1-18(20-2)17(19)13-22-16-10-8-15(9-11-16)21-12-14-6-4-3-5-7-14/h3-11H,12-13H2,1-2H3. The summed E-state index contributed by atoms with van der Waals surface area (Å²) in [4.78, 5) is 16.3. The van der Waals surface area contributed by atoms with Crippen LogP contribution in [0.25, 0.3) is 0 Å². The summed E-state index contributed by atoms with van der Waals surface area (Å²) < 4.78 is 11.1. The topological polar surface area (TPSA) is 48.0 Å². The van der Waals surface area contributed by atoms with Crippen LogP contribution in [-0.4, -0.2) is 31.7 Å². The van der Waals surface area contributed by atoms with Gasteiger partial charge < -0.3 is 9.47 Å². The molecule has 0 aliphatic carbocycles. The lowest BCUT2D eigenvalue weighted by Crippen LogP contribution is -2.30. The highest BCUT2D eigenvalue weighted by Gasteiger charge is 2.08. The minimum absolute atomic E-state index is 0.0748. The van der Waals surface area contributed by atoms with E-state index in [9.17, 15) is 4.79 Å². The van der Waals surface area contributed by atoms with Gasteiger partial charge in [0.05, 0.1) is 7.11 Å². The van der Waals surface area contributed by atoms with Crippen molar-refractivity contribution < 1.29 is 19.1 Å². The van der Waals surface area contributed by atoms with Crippen LogP contribution in [0.15, 0.2) is 54.6 Å². The molecule has 1 amide bonds. The molecule has 2 aromatic carbocycles. The number of ether oxygens (including phenoxy) is 2. The van der Waals surface area contributed by atoms with Gasteiger partial charge in [0.15, 0.2) is 6.61 Å². The molecule has 0 N–H and O–H groups in total. The number of benzene rings is 2. The van der Waals surface area contributed by atoms with Gasteiger partial charge in [0, 0.05) is 7.05 Å². The maximum Gasteiger partial charge on any atom is 0.283 e. The number of rotatable bonds is 7. The van der Waals surface area contributed by atoms with E-state index in [2.05, 4.69) is 0 Å². The average molecular weight is 301 g/mol. The normalized spacial score (nSPS) is 10.1. The van der Waals surface area contributed by atoms with Crippen molar-refractivity contribution in [2.45, 2.75) is 6.61 Å². The van der Waals surface area contributed by atoms with E-state index in [0.717, 1.165) is 16.4 Å². The molecule has 0 aromatic heterocycles. The highest BCUT2D eigenvalue weighted by atomic mass is 16.7. The largest absolute Gasteiger partial charge is 0.489 e. The highest BCUT2D eigenvalue weighted by Crippen LogP contribution is 2.18. The Balaban J connectivity index is 1.81. The van der Waals surface area contributed by atoms with Crippen LogP contribution in [0.1, 0.15) is 5.56 Å². The quantitative estimate of drug-likeness (QED) is 0.738. The van der Waals surface area contributed by atoms with Crippen molar-refractivity contribution in [3.8, 4) is 11.5 Å². The fourth-order valence-electron chi connectivity index (χ4n) is 1.71. The molecular weight excluding hydrogens is 282 g/mol. The second kappa shape index (κ2) is 8.05. The molecule has 0 unspecified atom stereocenters. The third-order valence-corrected chi connectivity index (χ3v) is 3.06. The summed E-state index contributed by atoms with van der Waals surface area (Å²) in [5.41, 5.74) is 1.11. The number of nitrogens with zero attached hydrogens (tertiary/aromatic N) is 1. The van der Waals surface area contributed by atoms with Crippen molar-refractivity contribution >= 4 is 5.91 Å². The van der Waals surface area contributed by atoms with Gasteiger partial charge in [0.1, 0.15) is 18.1 Å². The predicted molar refractivity (Wildman–Crippen MR) is 82.5 cm³/mol. The molecule has 116 valence electrons. The first-order valence-corrected chi connectivity index (χ1v) is 6.89. The van der Waals surface area contributed by atoms with Crippen molar-refractivity contribution in [3.63, 3.8) is 0 Å². The smallest absolute Gasteiger partial charge is 0.283 e. The molecule has 0 aliphatic rings. The molecule has 0 saturated carbocycles. The summed E-state index contributed by atoms with van der Waals surface area (Å²) in [6, 6.07) is 17.1. The fraction of sp³-hybridized carbons (Fsp3) is 0.235. The predicted octanol–water partition coefficient (Wildman–Crippen LogP) is 2.66. The Morgan fingerprint density at radius 1 is 0.955 bits per heavy atom. The van der Waals surface area contributed by atoms with Gasteiger partial charge in [0.25, 0.3) is 5.91 Å². The van der Waals surface area contributed by atoms with Gasteiger partial charge in [-0.25, -0.2) is 5.06 Å². The number of carbonyl (C=O) groups excluding carboxylic acids is 1. The zero-order chi connectivity index (χ0) is 15.8. The number of hydroxylamine groups is 2. The van der Waals surface area contributed by atoms with E-state index in [1.54, 1.807) is 12.1 Å². The number of amides is 1. The Labute approximate surface area is 130 Å². The molecule has 0 bridgehead atoms. The minimum atomic E-state index is -0.257. The summed E-state index contributed by atoms with van der Waals surface area (Å²) in [5.74, 6) is 1.09. The van der Waals surface area contributed by atoms with Crippen LogP contribution < -0.4 is 9.47 Å². The fourth-order valence-corrected chi connectivity index (χ4v) is 1.71. The van der Waals surface area contributed by atoms with E-state index >= 15 is 0 Å². The second-order valence-electron chi connectivity index (χ2n) is 4.61. The second-order valence-corrected chi connectivity index (χ2v) is 4.61. The molecule has 0 atom stereocenters. The van der Waals surface area contributed by atoms with Gasteiger partial charge in [-0.1, -0.05) is 30.3 Å². The molecule has 2 aromatic rings. The van der Waals surface area contributed by atoms with Crippen molar-refractivity contribution in [1.29, 1.82) is 0 Å². The Morgan fingerprint density at radius 3 is 2.14 bits per heavy atom. The SMILES string of the molecule is CON(C)C(=O)COc1ccc(OCc2ccccc2)cc1. The zero-order valence-corrected chi connectivity index (χ0v) is 12.7. The monoisotopic (exact) mass is 301 g/mol. The van der Waals surface area contributed by atoms with Crippen molar-refractivity contribution in [2.75, 3.05) is 20.8 Å². The molecule has 22 heavy (non-hydrogen) atoms. The number of carbonyl (C=O) groups is 1. The van der Waals surface area contributed by atoms with Crippen LogP contribution in [0.4, 0.5) is 0 Å². The number of likely N-dealkylation sites (N-methyl/N-ethyl adjacent to an activating group) is 1. The lowest BCUT2D eigenvalue weighted by molar-refractivity contribution is -0.170. The number of hydrogen-bond donors (Lipinski definition) is 0. The minimum Gasteiger partial charge on any atom is -0.489 e. The van der Waals surface area contributed by atoms with Crippen LogP contribution in [0.2, 0.25) is 0 Å². The van der Waals surface area contributed by atoms with Gasteiger partial charge in [-0.3, -0.25) is 9.63 Å². The Hall–Kier alpha value is -2.53. The van der Waals surface area contributed by atoms with Crippen LogP contribution in [0.3, 0.4) is 0 Å². The molecule has 0 radical (unpaired) electrons. The average Bonchev–Trinajstić information content (AvgIpc) is 2.59. The van der Waals surface area contributed by atoms with Crippen molar-refractivity contribution in [2.24, 2.45) is 0 Å². The summed E-state index contributed by atoms with van der Waals surface area (Å²) in [6.45, 7) is 0.437. The van der Waals surface area contributed by atoms with E-state index in [0.29, 0.717) is 12.4 Å². The highest BCUT2D eigenvalue weighted by molar-refractivity contribution is 5.76. The maximum atomic E-state index is 11.5. The third-order valence-electron chi connectivity index (χ3n) is 3.06. The van der Waals surface area contributed by atoms with Gasteiger partial charge >= 0.3 is 0 Å². The van der Waals surface area contributed by atoms with E-state index in [-0.39, 0.29) is 12.5 Å². The van der Waals surface area contributed by atoms with Crippen molar-refractivity contribution in [3.05, 3.63) is 60.2 Å². The first-order valence-electron chi connectivity index (χ1n) is 6.89. The van der Waals surface area contributed by atoms with Gasteiger partial charge in [-0.2, -0.15) is 0 Å². The van der Waals surface area contributed by atoms with E-state index < -0.39 is 0 Å². The van der Waals surface area contributed by atoms with Crippen LogP contribution in [0.5, 0.6) is 11.5 Å². The summed E-state index contributed by atoms with van der Waals surface area (Å²) in [6.07, 6.45) is 0. The van der Waals surface area contributed by atoms with Gasteiger partial charge in [-0.15, -0.1) is 0 Å². The van der Waals surface area contributed by atoms with Gasteiger partial charge in [0.2, 0.25) is 0 Å². The lowest BCUT2D eigenvalue weighted by atomic mass is 10.2. The van der Waals surface area contributed by atoms with E-state index in [1.165, 1.54) is 14.2 Å². The number of hydrogen-bond acceptors (Lipinski definition) is 4. The van der Waals surface area contributed by atoms with Gasteiger partial charge in [-0.05, 0) is 29.8 Å². The van der Waals surface area contributed by atoms with Crippen molar-refractivity contribution in [1.82, 2.24) is 5.06 Å². The van der Waals surface area contributed by atoms with Crippen LogP contribution in [-0.2, 0) is 16.2 Å². The summed E-state index contributed by atoms with van der Waals surface area (Å²) in [7, 11) is 2.96. The van der Waals surface area contributed by atoms with Crippen LogP contribution >= 0.6 is 0 Å². The molecule has 0 spiro atoms. The van der Waals surface area contributed by atoms with Crippen LogP contribution in [0, 0.1) is 0 Å². The first kappa shape index (κ1) is 15.9. The molecule has 0 fully saturated rings. The molecule has 0 saturated heterocycles. The Morgan fingerprint density at radius 2 is 1.55 bits per heavy atom. The maximum absolute atomic E-state index is 11.5. The molecule has 5 nitrogen and oxygen atoms in total. The third kappa shape index (κ3) is 4.79. The Bertz CT molecular complexity index is 583.